The van der Waals surface area contributed by atoms with Crippen LogP contribution < -0.4 is 0 Å². The molecule has 8 heteroatoms. The Morgan fingerprint density at radius 2 is 2.38 bits per heavy atom. The lowest BCUT2D eigenvalue weighted by Gasteiger charge is -2.45. The smallest absolute Gasteiger partial charge is 0.407 e. The van der Waals surface area contributed by atoms with Crippen molar-refractivity contribution in [1.82, 2.24) is 4.90 Å². The first-order valence-electron chi connectivity index (χ1n) is 8.92. The third-order valence-corrected chi connectivity index (χ3v) is 5.14. The fraction of sp³-hybridized carbons (Fsp3) is 0.611. The third kappa shape index (κ3) is 4.81. The van der Waals surface area contributed by atoms with Gasteiger partial charge in [0.15, 0.2) is 0 Å². The van der Waals surface area contributed by atoms with Crippen molar-refractivity contribution in [2.45, 2.75) is 38.2 Å². The summed E-state index contributed by atoms with van der Waals surface area (Å²) >= 11 is 6.23. The molecule has 142 valence electrons. The average Bonchev–Trinajstić information content (AvgIpc) is 2.64. The van der Waals surface area contributed by atoms with E-state index in [9.17, 15) is 9.90 Å². The van der Waals surface area contributed by atoms with E-state index < -0.39 is 11.7 Å². The maximum atomic E-state index is 11.5. The van der Waals surface area contributed by atoms with Gasteiger partial charge in [-0.3, -0.25) is 0 Å². The van der Waals surface area contributed by atoms with Gasteiger partial charge in [0.05, 0.1) is 12.2 Å². The highest BCUT2D eigenvalue weighted by molar-refractivity contribution is 6.30. The number of benzene rings is 1. The van der Waals surface area contributed by atoms with Crippen LogP contribution in [-0.4, -0.2) is 42.3 Å². The second-order valence-electron chi connectivity index (χ2n) is 6.52. The summed E-state index contributed by atoms with van der Waals surface area (Å²) in [6.45, 7) is 3.55. The molecule has 0 bridgehead atoms. The molecule has 1 aromatic rings. The summed E-state index contributed by atoms with van der Waals surface area (Å²) in [5, 5.41) is 13.6. The van der Waals surface area contributed by atoms with Crippen LogP contribution in [0.1, 0.15) is 38.2 Å². The van der Waals surface area contributed by atoms with E-state index in [0.717, 1.165) is 31.2 Å². The second kappa shape index (κ2) is 9.67. The van der Waals surface area contributed by atoms with Gasteiger partial charge in [0.25, 0.3) is 0 Å². The van der Waals surface area contributed by atoms with E-state index in [1.807, 2.05) is 24.3 Å². The Balaban J connectivity index is 2.39. The highest BCUT2D eigenvalue weighted by Crippen LogP contribution is 2.43. The molecule has 7 nitrogen and oxygen atoms in total. The lowest BCUT2D eigenvalue weighted by atomic mass is 9.74. The van der Waals surface area contributed by atoms with Gasteiger partial charge in [-0.1, -0.05) is 42.2 Å². The molecule has 1 aliphatic rings. The largest absolute Gasteiger partial charge is 0.465 e. The topological polar surface area (TPSA) is 98.5 Å². The van der Waals surface area contributed by atoms with Crippen LogP contribution in [0.15, 0.2) is 29.4 Å². The number of carbonyl (C=O) groups is 1. The summed E-state index contributed by atoms with van der Waals surface area (Å²) in [7, 11) is 0. The maximum absolute atomic E-state index is 11.5. The number of hydrogen-bond acceptors (Lipinski definition) is 3. The fourth-order valence-electron chi connectivity index (χ4n) is 3.83. The van der Waals surface area contributed by atoms with Gasteiger partial charge in [-0.15, -0.1) is 0 Å². The standard InChI is InChI=1S/C18H25ClN4O3/c1-2-8-18(26-11-9-21-22-20,14-5-3-7-16(19)12-14)15-6-4-10-23(13-15)17(24)25/h3,5,7,12,15H,2,4,6,8-11,13H2,1H3,(H,24,25)/t15?,18-/m0/s1. The van der Waals surface area contributed by atoms with Gasteiger partial charge in [-0.25, -0.2) is 4.79 Å². The van der Waals surface area contributed by atoms with Crippen LogP contribution in [0.5, 0.6) is 0 Å². The molecule has 1 fully saturated rings. The van der Waals surface area contributed by atoms with Crippen LogP contribution in [0, 0.1) is 5.92 Å². The number of piperidine rings is 1. The summed E-state index contributed by atoms with van der Waals surface area (Å²) in [5.74, 6) is 0.0110. The summed E-state index contributed by atoms with van der Waals surface area (Å²) in [6.07, 6.45) is 2.38. The third-order valence-electron chi connectivity index (χ3n) is 4.90. The van der Waals surface area contributed by atoms with E-state index in [4.69, 9.17) is 21.9 Å². The molecular weight excluding hydrogens is 356 g/mol. The molecule has 1 aliphatic heterocycles. The molecule has 26 heavy (non-hydrogen) atoms. The molecule has 1 N–H and O–H groups in total. The van der Waals surface area contributed by atoms with Crippen LogP contribution in [-0.2, 0) is 10.3 Å². The van der Waals surface area contributed by atoms with Crippen molar-refractivity contribution >= 4 is 17.7 Å². The van der Waals surface area contributed by atoms with Gasteiger partial charge < -0.3 is 14.7 Å². The van der Waals surface area contributed by atoms with Gasteiger partial charge in [0, 0.05) is 35.5 Å². The quantitative estimate of drug-likeness (QED) is 0.295. The highest BCUT2D eigenvalue weighted by Gasteiger charge is 2.43. The molecule has 1 amide bonds. The Morgan fingerprint density at radius 3 is 3.04 bits per heavy atom. The van der Waals surface area contributed by atoms with Crippen molar-refractivity contribution in [1.29, 1.82) is 0 Å². The zero-order chi connectivity index (χ0) is 19.0. The van der Waals surface area contributed by atoms with E-state index >= 15 is 0 Å². The lowest BCUT2D eigenvalue weighted by molar-refractivity contribution is -0.112. The Hall–Kier alpha value is -1.95. The molecule has 1 unspecified atom stereocenters. The number of rotatable bonds is 8. The summed E-state index contributed by atoms with van der Waals surface area (Å²) in [5.41, 5.74) is 8.81. The minimum absolute atomic E-state index is 0.0110. The SMILES string of the molecule is CCC[C@](OCCN=[N+]=[N-])(c1cccc(Cl)c1)C1CCCN(C(=O)O)C1. The van der Waals surface area contributed by atoms with Crippen molar-refractivity contribution in [2.75, 3.05) is 26.2 Å². The molecule has 0 aliphatic carbocycles. The number of likely N-dealkylation sites (tertiary alicyclic amines) is 1. The van der Waals surface area contributed by atoms with Crippen LogP contribution in [0.2, 0.25) is 5.02 Å². The Labute approximate surface area is 158 Å². The molecule has 2 rings (SSSR count). The summed E-state index contributed by atoms with van der Waals surface area (Å²) in [6, 6.07) is 7.57. The van der Waals surface area contributed by atoms with Crippen molar-refractivity contribution in [3.63, 3.8) is 0 Å². The zero-order valence-electron chi connectivity index (χ0n) is 15.0. The van der Waals surface area contributed by atoms with Crippen molar-refractivity contribution in [3.8, 4) is 0 Å². The number of azide groups is 1. The Morgan fingerprint density at radius 1 is 1.58 bits per heavy atom. The van der Waals surface area contributed by atoms with Crippen molar-refractivity contribution in [3.05, 3.63) is 45.3 Å². The van der Waals surface area contributed by atoms with Gasteiger partial charge in [0.1, 0.15) is 0 Å². The number of carboxylic acid groups (broad SMARTS) is 1. The van der Waals surface area contributed by atoms with Crippen LogP contribution in [0.25, 0.3) is 10.4 Å². The van der Waals surface area contributed by atoms with Gasteiger partial charge in [-0.05, 0) is 42.5 Å². The van der Waals surface area contributed by atoms with Gasteiger partial charge in [0.2, 0.25) is 0 Å². The first-order valence-corrected chi connectivity index (χ1v) is 9.30. The molecular formula is C18H25ClN4O3. The number of amides is 1. The first-order chi connectivity index (χ1) is 12.5. The fourth-order valence-corrected chi connectivity index (χ4v) is 4.02. The average molecular weight is 381 g/mol. The first kappa shape index (κ1) is 20.4. The van der Waals surface area contributed by atoms with Crippen LogP contribution in [0.4, 0.5) is 4.79 Å². The monoisotopic (exact) mass is 380 g/mol. The number of nitrogens with zero attached hydrogens (tertiary/aromatic N) is 4. The molecule has 0 spiro atoms. The second-order valence-corrected chi connectivity index (χ2v) is 6.96. The zero-order valence-corrected chi connectivity index (χ0v) is 15.7. The Kier molecular flexibility index (Phi) is 7.57. The molecule has 0 radical (unpaired) electrons. The van der Waals surface area contributed by atoms with E-state index in [2.05, 4.69) is 16.9 Å². The van der Waals surface area contributed by atoms with Gasteiger partial charge >= 0.3 is 6.09 Å². The normalized spacial score (nSPS) is 19.5. The number of halogens is 1. The number of hydrogen-bond donors (Lipinski definition) is 1. The van der Waals surface area contributed by atoms with E-state index in [1.54, 1.807) is 0 Å². The molecule has 1 heterocycles. The van der Waals surface area contributed by atoms with Crippen molar-refractivity contribution in [2.24, 2.45) is 11.0 Å². The molecule has 2 atom stereocenters. The maximum Gasteiger partial charge on any atom is 0.407 e. The van der Waals surface area contributed by atoms with E-state index in [1.165, 1.54) is 4.90 Å². The lowest BCUT2D eigenvalue weighted by Crippen LogP contribution is -2.49. The predicted molar refractivity (Wildman–Crippen MR) is 100 cm³/mol. The van der Waals surface area contributed by atoms with Crippen LogP contribution in [0.3, 0.4) is 0 Å². The Bertz CT molecular complexity index is 666. The molecule has 1 saturated heterocycles. The van der Waals surface area contributed by atoms with Gasteiger partial charge in [-0.2, -0.15) is 0 Å². The minimum Gasteiger partial charge on any atom is -0.465 e. The van der Waals surface area contributed by atoms with E-state index in [0.29, 0.717) is 18.1 Å². The molecule has 0 aromatic heterocycles. The molecule has 1 aromatic carbocycles. The summed E-state index contributed by atoms with van der Waals surface area (Å²) < 4.78 is 6.34. The number of ether oxygens (including phenoxy) is 1. The van der Waals surface area contributed by atoms with E-state index in [-0.39, 0.29) is 19.1 Å². The summed E-state index contributed by atoms with van der Waals surface area (Å²) in [4.78, 5) is 15.7. The minimum atomic E-state index is -0.903. The highest BCUT2D eigenvalue weighted by atomic mass is 35.5. The van der Waals surface area contributed by atoms with Crippen molar-refractivity contribution < 1.29 is 14.6 Å². The predicted octanol–water partition coefficient (Wildman–Crippen LogP) is 5.05. The molecule has 0 saturated carbocycles. The van der Waals surface area contributed by atoms with Crippen LogP contribution >= 0.6 is 11.6 Å².